The van der Waals surface area contributed by atoms with Crippen LogP contribution in [0.1, 0.15) is 24.0 Å². The van der Waals surface area contributed by atoms with Crippen LogP contribution in [0.2, 0.25) is 0 Å². The van der Waals surface area contributed by atoms with E-state index in [1.807, 2.05) is 43.4 Å². The Morgan fingerprint density at radius 2 is 1.79 bits per heavy atom. The summed E-state index contributed by atoms with van der Waals surface area (Å²) < 4.78 is 6.21. The number of esters is 1. The Balaban J connectivity index is 1.30. The predicted molar refractivity (Wildman–Crippen MR) is 125 cm³/mol. The van der Waals surface area contributed by atoms with E-state index in [0.29, 0.717) is 21.4 Å². The molecule has 1 aliphatic carbocycles. The van der Waals surface area contributed by atoms with E-state index in [1.165, 1.54) is 12.4 Å². The van der Waals surface area contributed by atoms with Crippen LogP contribution in [0.15, 0.2) is 67.1 Å². The van der Waals surface area contributed by atoms with Crippen LogP contribution in [0, 0.1) is 0 Å². The average molecular weight is 460 g/mol. The second-order valence-corrected chi connectivity index (χ2v) is 9.20. The third-order valence-electron chi connectivity index (χ3n) is 7.05. The topological polar surface area (TPSA) is 101 Å². The molecule has 0 spiro atoms. The second-order valence-electron chi connectivity index (χ2n) is 9.20. The molecule has 2 aliphatic rings. The van der Waals surface area contributed by atoms with Crippen molar-refractivity contribution in [1.29, 1.82) is 0 Å². The Morgan fingerprint density at radius 3 is 2.44 bits per heavy atom. The quantitative estimate of drug-likeness (QED) is 0.434. The van der Waals surface area contributed by atoms with E-state index in [1.54, 1.807) is 18.3 Å². The number of rotatable bonds is 6. The fourth-order valence-electron chi connectivity index (χ4n) is 5.24. The average Bonchev–Trinajstić information content (AvgIpc) is 3.34. The van der Waals surface area contributed by atoms with Crippen LogP contribution in [-0.4, -0.2) is 64.2 Å². The summed E-state index contributed by atoms with van der Waals surface area (Å²) in [5.74, 6) is -0.451. The van der Waals surface area contributed by atoms with E-state index in [4.69, 9.17) is 4.74 Å². The third kappa shape index (κ3) is 3.74. The molecule has 0 radical (unpaired) electrons. The lowest BCUT2D eigenvalue weighted by atomic mass is 9.91. The van der Waals surface area contributed by atoms with Crippen LogP contribution in [-0.2, 0) is 19.9 Å². The van der Waals surface area contributed by atoms with E-state index < -0.39 is 11.6 Å². The standard InChI is InChI=1S/C26H26N4O4/c1-30(16-24(31)29-23-15-27-12-13-28-23)14-6-7-18(30)17-34-25(32)26(33)21-10-4-2-8-19(21)20-9-3-5-11-22(20)26/h2-5,8-13,15,18,33H,6-7,14,16-17H2,1H3/p+1/t18-,30?/m1/s1. The Morgan fingerprint density at radius 1 is 1.12 bits per heavy atom. The molecular weight excluding hydrogens is 432 g/mol. The molecule has 8 nitrogen and oxygen atoms in total. The van der Waals surface area contributed by atoms with Crippen molar-refractivity contribution >= 4 is 17.7 Å². The van der Waals surface area contributed by atoms with Gasteiger partial charge in [-0.2, -0.15) is 0 Å². The summed E-state index contributed by atoms with van der Waals surface area (Å²) in [7, 11) is 2.00. The Hall–Kier alpha value is -3.62. The minimum absolute atomic E-state index is 0.0490. The number of carbonyl (C=O) groups excluding carboxylic acids is 2. The molecule has 0 bridgehead atoms. The number of nitrogens with one attached hydrogen (secondary N) is 1. The SMILES string of the molecule is C[N+]1(CC(=O)Nc2cnccn2)CCC[C@@H]1COC(=O)C1(O)c2ccccc2-c2ccccc21. The van der Waals surface area contributed by atoms with Crippen molar-refractivity contribution in [3.63, 3.8) is 0 Å². The first-order valence-corrected chi connectivity index (χ1v) is 11.4. The minimum Gasteiger partial charge on any atom is -0.457 e. The molecule has 1 aromatic heterocycles. The van der Waals surface area contributed by atoms with Gasteiger partial charge in [0.25, 0.3) is 5.91 Å². The number of ether oxygens (including phenoxy) is 1. The van der Waals surface area contributed by atoms with Crippen molar-refractivity contribution in [2.24, 2.45) is 0 Å². The molecule has 34 heavy (non-hydrogen) atoms. The van der Waals surface area contributed by atoms with Gasteiger partial charge >= 0.3 is 5.97 Å². The molecule has 5 rings (SSSR count). The number of hydrogen-bond acceptors (Lipinski definition) is 6. The maximum atomic E-state index is 13.4. The molecule has 8 heteroatoms. The summed E-state index contributed by atoms with van der Waals surface area (Å²) in [5.41, 5.74) is 0.888. The zero-order valence-electron chi connectivity index (χ0n) is 19.0. The lowest BCUT2D eigenvalue weighted by Gasteiger charge is -2.35. The molecule has 1 saturated heterocycles. The largest absolute Gasteiger partial charge is 0.457 e. The molecular formula is C26H27N4O4+. The van der Waals surface area contributed by atoms with E-state index >= 15 is 0 Å². The zero-order valence-corrected chi connectivity index (χ0v) is 19.0. The number of amides is 1. The molecule has 2 heterocycles. The smallest absolute Gasteiger partial charge is 0.347 e. The third-order valence-corrected chi connectivity index (χ3v) is 7.05. The highest BCUT2D eigenvalue weighted by Crippen LogP contribution is 2.48. The van der Waals surface area contributed by atoms with Crippen molar-refractivity contribution in [3.8, 4) is 11.1 Å². The monoisotopic (exact) mass is 459 g/mol. The van der Waals surface area contributed by atoms with Crippen molar-refractivity contribution in [2.75, 3.05) is 32.1 Å². The molecule has 2 N–H and O–H groups in total. The highest BCUT2D eigenvalue weighted by Gasteiger charge is 2.50. The van der Waals surface area contributed by atoms with Gasteiger partial charge in [-0.05, 0) is 11.1 Å². The Kier molecular flexibility index (Phi) is 5.63. The molecule has 1 aliphatic heterocycles. The Bertz CT molecular complexity index is 1190. The molecule has 174 valence electrons. The number of anilines is 1. The summed E-state index contributed by atoms with van der Waals surface area (Å²) >= 11 is 0. The summed E-state index contributed by atoms with van der Waals surface area (Å²) in [5, 5.41) is 14.4. The normalized spacial score (nSPS) is 22.0. The van der Waals surface area contributed by atoms with E-state index in [0.717, 1.165) is 30.5 Å². The van der Waals surface area contributed by atoms with E-state index in [-0.39, 0.29) is 25.1 Å². The maximum absolute atomic E-state index is 13.4. The summed E-state index contributed by atoms with van der Waals surface area (Å²) in [4.78, 5) is 34.0. The number of hydrogen-bond donors (Lipinski definition) is 2. The number of aromatic nitrogens is 2. The van der Waals surface area contributed by atoms with Gasteiger partial charge in [-0.25, -0.2) is 9.78 Å². The van der Waals surface area contributed by atoms with Crippen LogP contribution in [0.25, 0.3) is 11.1 Å². The number of fused-ring (bicyclic) bond motifs is 3. The number of quaternary nitrogens is 1. The van der Waals surface area contributed by atoms with Crippen LogP contribution >= 0.6 is 0 Å². The first-order chi connectivity index (χ1) is 16.4. The van der Waals surface area contributed by atoms with Gasteiger partial charge in [0.15, 0.2) is 12.4 Å². The van der Waals surface area contributed by atoms with Crippen molar-refractivity contribution in [2.45, 2.75) is 24.5 Å². The summed E-state index contributed by atoms with van der Waals surface area (Å²) in [6.45, 7) is 1.15. The van der Waals surface area contributed by atoms with Crippen molar-refractivity contribution in [1.82, 2.24) is 9.97 Å². The molecule has 2 atom stereocenters. The van der Waals surface area contributed by atoms with Crippen LogP contribution in [0.4, 0.5) is 5.82 Å². The van der Waals surface area contributed by atoms with Crippen LogP contribution < -0.4 is 5.32 Å². The molecule has 1 amide bonds. The zero-order chi connectivity index (χ0) is 23.8. The first-order valence-electron chi connectivity index (χ1n) is 11.4. The fourth-order valence-corrected chi connectivity index (χ4v) is 5.24. The number of likely N-dealkylation sites (N-methyl/N-ethyl adjacent to an activating group) is 1. The van der Waals surface area contributed by atoms with Gasteiger partial charge in [-0.3, -0.25) is 9.78 Å². The van der Waals surface area contributed by atoms with Gasteiger partial charge < -0.3 is 19.6 Å². The van der Waals surface area contributed by atoms with E-state index in [2.05, 4.69) is 15.3 Å². The number of carbonyl (C=O) groups is 2. The lowest BCUT2D eigenvalue weighted by Crippen LogP contribution is -2.54. The van der Waals surface area contributed by atoms with Gasteiger partial charge in [-0.1, -0.05) is 48.5 Å². The summed E-state index contributed by atoms with van der Waals surface area (Å²) in [6.07, 6.45) is 6.32. The minimum atomic E-state index is -1.85. The maximum Gasteiger partial charge on any atom is 0.347 e. The highest BCUT2D eigenvalue weighted by atomic mass is 16.6. The fraction of sp³-hybridized carbons (Fsp3) is 0.308. The highest BCUT2D eigenvalue weighted by molar-refractivity contribution is 5.96. The molecule has 1 unspecified atom stereocenters. The van der Waals surface area contributed by atoms with Gasteiger partial charge in [0.2, 0.25) is 5.60 Å². The van der Waals surface area contributed by atoms with Gasteiger partial charge in [0.1, 0.15) is 12.6 Å². The first kappa shape index (κ1) is 22.2. The molecule has 3 aromatic rings. The van der Waals surface area contributed by atoms with Crippen molar-refractivity contribution < 1.29 is 23.9 Å². The second kappa shape index (κ2) is 8.62. The number of aliphatic hydroxyl groups is 1. The van der Waals surface area contributed by atoms with Crippen molar-refractivity contribution in [3.05, 3.63) is 78.2 Å². The Labute approximate surface area is 197 Å². The predicted octanol–water partition coefficient (Wildman–Crippen LogP) is 2.48. The lowest BCUT2D eigenvalue weighted by molar-refractivity contribution is -0.913. The van der Waals surface area contributed by atoms with Crippen LogP contribution in [0.3, 0.4) is 0 Å². The van der Waals surface area contributed by atoms with Gasteiger partial charge in [-0.15, -0.1) is 0 Å². The number of benzene rings is 2. The van der Waals surface area contributed by atoms with Gasteiger partial charge in [0, 0.05) is 36.4 Å². The molecule has 0 saturated carbocycles. The number of likely N-dealkylation sites (tertiary alicyclic amines) is 1. The van der Waals surface area contributed by atoms with Gasteiger partial charge in [0.05, 0.1) is 19.8 Å². The summed E-state index contributed by atoms with van der Waals surface area (Å²) in [6, 6.07) is 14.7. The van der Waals surface area contributed by atoms with E-state index in [9.17, 15) is 14.7 Å². The molecule has 2 aromatic carbocycles. The molecule has 1 fully saturated rings. The van der Waals surface area contributed by atoms with Crippen LogP contribution in [0.5, 0.6) is 0 Å². The number of nitrogens with zero attached hydrogens (tertiary/aromatic N) is 3.